The molecule has 0 saturated heterocycles. The van der Waals surface area contributed by atoms with E-state index >= 15 is 0 Å². The molecule has 0 unspecified atom stereocenters. The van der Waals surface area contributed by atoms with E-state index in [1.54, 1.807) is 25.1 Å². The highest BCUT2D eigenvalue weighted by Gasteiger charge is 2.25. The number of methoxy groups -OCH3 is 2. The van der Waals surface area contributed by atoms with Crippen LogP contribution < -0.4 is 15.1 Å². The summed E-state index contributed by atoms with van der Waals surface area (Å²) in [5.74, 6) is -2.95. The lowest BCUT2D eigenvalue weighted by Gasteiger charge is -2.23. The first kappa shape index (κ1) is 30.6. The minimum Gasteiger partial charge on any atom is -0.507 e. The molecule has 3 aromatic carbocycles. The molecule has 4 N–H and O–H groups in total. The fourth-order valence-electron chi connectivity index (χ4n) is 4.11. The zero-order valence-electron chi connectivity index (χ0n) is 23.3. The highest BCUT2D eigenvalue weighted by Crippen LogP contribution is 2.39. The van der Waals surface area contributed by atoms with Crippen LogP contribution in [0.5, 0.6) is 5.75 Å². The SMILES string of the molecule is COC(=O)N(C)c1ccc(-c2cc(C(=N)C(=O)Nc3ccc(C#N)cc3C(=O)O)c(O)cc2N(C)C(=O)OC)c(C)c1. The van der Waals surface area contributed by atoms with Crippen molar-refractivity contribution < 1.29 is 38.9 Å². The number of hydrogen-bond donors (Lipinski definition) is 4. The van der Waals surface area contributed by atoms with Crippen LogP contribution in [0.4, 0.5) is 26.7 Å². The van der Waals surface area contributed by atoms with Crippen LogP contribution in [0.3, 0.4) is 0 Å². The Morgan fingerprint density at radius 1 is 0.905 bits per heavy atom. The van der Waals surface area contributed by atoms with Gasteiger partial charge in [0.25, 0.3) is 5.91 Å². The third kappa shape index (κ3) is 6.13. The van der Waals surface area contributed by atoms with E-state index in [9.17, 15) is 29.4 Å². The summed E-state index contributed by atoms with van der Waals surface area (Å²) in [6.07, 6.45) is -1.34. The molecule has 0 aromatic heterocycles. The summed E-state index contributed by atoms with van der Waals surface area (Å²) in [6.45, 7) is 1.74. The van der Waals surface area contributed by atoms with Gasteiger partial charge in [-0.3, -0.25) is 20.0 Å². The lowest BCUT2D eigenvalue weighted by molar-refractivity contribution is -0.110. The van der Waals surface area contributed by atoms with E-state index < -0.39 is 35.5 Å². The Kier molecular flexibility index (Phi) is 9.13. The molecule has 42 heavy (non-hydrogen) atoms. The minimum atomic E-state index is -1.40. The molecular formula is C29H27N5O8. The number of phenols is 1. The maximum Gasteiger partial charge on any atom is 0.413 e. The summed E-state index contributed by atoms with van der Waals surface area (Å²) in [7, 11) is 5.37. The molecular weight excluding hydrogens is 546 g/mol. The van der Waals surface area contributed by atoms with Crippen molar-refractivity contribution in [2.24, 2.45) is 0 Å². The Hall–Kier alpha value is -5.90. The van der Waals surface area contributed by atoms with Gasteiger partial charge in [0.2, 0.25) is 0 Å². The number of aryl methyl sites for hydroxylation is 1. The standard InChI is InChI=1S/C29H27N5O8/c1-15-10-17(33(2)28(39)41-4)7-8-18(15)19-12-21(24(35)13-23(19)34(3)29(40)42-5)25(31)26(36)32-22-9-6-16(14-30)11-20(22)27(37)38/h6-13,31,35H,1-5H3,(H,32,36)(H,37,38). The summed E-state index contributed by atoms with van der Waals surface area (Å²) < 4.78 is 9.57. The van der Waals surface area contributed by atoms with Gasteiger partial charge < -0.3 is 25.0 Å². The van der Waals surface area contributed by atoms with Crippen molar-refractivity contribution in [2.75, 3.05) is 43.4 Å². The zero-order chi connectivity index (χ0) is 31.3. The van der Waals surface area contributed by atoms with Gasteiger partial charge in [-0.05, 0) is 54.4 Å². The lowest BCUT2D eigenvalue weighted by atomic mass is 9.94. The fourth-order valence-corrected chi connectivity index (χ4v) is 4.11. The van der Waals surface area contributed by atoms with Crippen molar-refractivity contribution in [1.82, 2.24) is 0 Å². The van der Waals surface area contributed by atoms with E-state index in [2.05, 4.69) is 5.32 Å². The number of ether oxygens (including phenoxy) is 2. The second kappa shape index (κ2) is 12.5. The normalized spacial score (nSPS) is 10.2. The summed E-state index contributed by atoms with van der Waals surface area (Å²) in [4.78, 5) is 51.5. The van der Waals surface area contributed by atoms with E-state index in [1.807, 2.05) is 6.07 Å². The molecule has 3 amide bonds. The predicted molar refractivity (Wildman–Crippen MR) is 153 cm³/mol. The molecule has 0 spiro atoms. The molecule has 13 nitrogen and oxygen atoms in total. The number of rotatable bonds is 7. The molecule has 3 aromatic rings. The van der Waals surface area contributed by atoms with Crippen molar-refractivity contribution in [2.45, 2.75) is 6.92 Å². The van der Waals surface area contributed by atoms with Crippen LogP contribution in [-0.4, -0.2) is 68.3 Å². The largest absolute Gasteiger partial charge is 0.507 e. The Balaban J connectivity index is 2.12. The molecule has 0 radical (unpaired) electrons. The molecule has 0 saturated carbocycles. The number of benzene rings is 3. The summed E-state index contributed by atoms with van der Waals surface area (Å²) in [6, 6.07) is 13.0. The predicted octanol–water partition coefficient (Wildman–Crippen LogP) is 4.35. The van der Waals surface area contributed by atoms with E-state index in [4.69, 9.17) is 20.1 Å². The number of aromatic carboxylic acids is 1. The number of hydrogen-bond acceptors (Lipinski definition) is 9. The number of nitrogens with one attached hydrogen (secondary N) is 2. The van der Waals surface area contributed by atoms with Gasteiger partial charge >= 0.3 is 18.2 Å². The van der Waals surface area contributed by atoms with Crippen molar-refractivity contribution in [3.8, 4) is 22.9 Å². The van der Waals surface area contributed by atoms with Crippen molar-refractivity contribution in [3.05, 3.63) is 70.8 Å². The number of carbonyl (C=O) groups excluding carboxylic acids is 3. The number of carbonyl (C=O) groups is 4. The average molecular weight is 574 g/mol. The summed E-state index contributed by atoms with van der Waals surface area (Å²) in [5.41, 5.74) is 0.836. The minimum absolute atomic E-state index is 0.0623. The Labute approximate surface area is 240 Å². The van der Waals surface area contributed by atoms with Gasteiger partial charge in [-0.1, -0.05) is 6.07 Å². The molecule has 0 bridgehead atoms. The van der Waals surface area contributed by atoms with E-state index in [0.29, 0.717) is 22.4 Å². The maximum absolute atomic E-state index is 13.1. The highest BCUT2D eigenvalue weighted by atomic mass is 16.5. The number of nitrogens with zero attached hydrogens (tertiary/aromatic N) is 3. The van der Waals surface area contributed by atoms with Crippen LogP contribution in [0.15, 0.2) is 48.5 Å². The molecule has 0 fully saturated rings. The molecule has 3 rings (SSSR count). The molecule has 216 valence electrons. The first-order chi connectivity index (χ1) is 19.8. The van der Waals surface area contributed by atoms with Gasteiger partial charge in [-0.15, -0.1) is 0 Å². The Morgan fingerprint density at radius 2 is 1.55 bits per heavy atom. The van der Waals surface area contributed by atoms with Crippen LogP contribution in [0, 0.1) is 23.7 Å². The van der Waals surface area contributed by atoms with Crippen LogP contribution in [0.2, 0.25) is 0 Å². The van der Waals surface area contributed by atoms with Gasteiger partial charge in [0, 0.05) is 37.0 Å². The third-order valence-corrected chi connectivity index (χ3v) is 6.38. The quantitative estimate of drug-likeness (QED) is 0.297. The average Bonchev–Trinajstić information content (AvgIpc) is 2.98. The van der Waals surface area contributed by atoms with Crippen molar-refractivity contribution >= 4 is 46.8 Å². The number of amides is 3. The van der Waals surface area contributed by atoms with Crippen molar-refractivity contribution in [1.29, 1.82) is 10.7 Å². The molecule has 0 aliphatic rings. The molecule has 13 heteroatoms. The number of nitriles is 1. The Bertz CT molecular complexity index is 1660. The smallest absolute Gasteiger partial charge is 0.413 e. The second-order valence-corrected chi connectivity index (χ2v) is 8.95. The van der Waals surface area contributed by atoms with Crippen LogP contribution in [0.1, 0.15) is 27.0 Å². The second-order valence-electron chi connectivity index (χ2n) is 8.95. The summed E-state index contributed by atoms with van der Waals surface area (Å²) >= 11 is 0. The number of anilines is 3. The van der Waals surface area contributed by atoms with Gasteiger partial charge in [-0.25, -0.2) is 14.4 Å². The third-order valence-electron chi connectivity index (χ3n) is 6.38. The number of carboxylic acid groups (broad SMARTS) is 1. The number of aromatic hydroxyl groups is 1. The first-order valence-electron chi connectivity index (χ1n) is 12.1. The van der Waals surface area contributed by atoms with Crippen LogP contribution in [0.25, 0.3) is 11.1 Å². The highest BCUT2D eigenvalue weighted by molar-refractivity contribution is 6.48. The van der Waals surface area contributed by atoms with E-state index in [1.165, 1.54) is 57.5 Å². The first-order valence-corrected chi connectivity index (χ1v) is 12.1. The summed E-state index contributed by atoms with van der Waals surface area (Å²) in [5, 5.41) is 40.3. The fraction of sp³-hybridized carbons (Fsp3) is 0.172. The van der Waals surface area contributed by atoms with Crippen molar-refractivity contribution in [3.63, 3.8) is 0 Å². The number of phenolic OH excluding ortho intramolecular Hbond substituents is 1. The molecule has 0 heterocycles. The van der Waals surface area contributed by atoms with Gasteiger partial charge in [0.05, 0.1) is 42.8 Å². The maximum atomic E-state index is 13.1. The molecule has 0 aliphatic heterocycles. The number of carboxylic acids is 1. The Morgan fingerprint density at radius 3 is 2.12 bits per heavy atom. The van der Waals surface area contributed by atoms with Gasteiger partial charge in [0.1, 0.15) is 11.5 Å². The molecule has 0 aliphatic carbocycles. The molecule has 0 atom stereocenters. The topological polar surface area (TPSA) is 193 Å². The lowest BCUT2D eigenvalue weighted by Crippen LogP contribution is -2.27. The van der Waals surface area contributed by atoms with Gasteiger partial charge in [-0.2, -0.15) is 5.26 Å². The van der Waals surface area contributed by atoms with Gasteiger partial charge in [0.15, 0.2) is 0 Å². The monoisotopic (exact) mass is 573 g/mol. The van der Waals surface area contributed by atoms with E-state index in [-0.39, 0.29) is 28.1 Å². The van der Waals surface area contributed by atoms with Crippen LogP contribution >= 0.6 is 0 Å². The zero-order valence-corrected chi connectivity index (χ0v) is 23.3. The van der Waals surface area contributed by atoms with Crippen LogP contribution in [-0.2, 0) is 14.3 Å². The van der Waals surface area contributed by atoms with E-state index in [0.717, 1.165) is 11.0 Å².